The normalized spacial score (nSPS) is 10.4. The van der Waals surface area contributed by atoms with Crippen molar-refractivity contribution in [2.24, 2.45) is 0 Å². The largest absolute Gasteiger partial charge is 0.460 e. The summed E-state index contributed by atoms with van der Waals surface area (Å²) in [5.74, 6) is -1.45. The molecule has 5 heteroatoms. The first-order valence-electron chi connectivity index (χ1n) is 5.08. The second-order valence-electron chi connectivity index (χ2n) is 2.69. The lowest BCUT2D eigenvalue weighted by atomic mass is 10.3. The Labute approximate surface area is 89.7 Å². The van der Waals surface area contributed by atoms with E-state index in [1.165, 1.54) is 0 Å². The predicted octanol–water partition coefficient (Wildman–Crippen LogP) is 0.908. The van der Waals surface area contributed by atoms with Crippen molar-refractivity contribution >= 4 is 11.8 Å². The topological polar surface area (TPSA) is 61.8 Å². The van der Waals surface area contributed by atoms with E-state index in [9.17, 15) is 9.59 Å². The molecule has 0 aliphatic rings. The number of hydrogen-bond acceptors (Lipinski definition) is 5. The van der Waals surface area contributed by atoms with Gasteiger partial charge in [0, 0.05) is 13.2 Å². The van der Waals surface area contributed by atoms with Crippen LogP contribution in [0, 0.1) is 0 Å². The summed E-state index contributed by atoms with van der Waals surface area (Å²) in [5.41, 5.74) is 0. The molecule has 0 aliphatic heterocycles. The van der Waals surface area contributed by atoms with E-state index in [0.717, 1.165) is 0 Å². The zero-order valence-corrected chi connectivity index (χ0v) is 9.45. The molecule has 0 unspecified atom stereocenters. The van der Waals surface area contributed by atoms with E-state index in [1.807, 2.05) is 0 Å². The van der Waals surface area contributed by atoms with Gasteiger partial charge in [-0.3, -0.25) is 4.79 Å². The standard InChI is InChI=1S/C10H18O5/c1-4-13-9(14-5-2)7-8(11)10(12)15-6-3/h9H,4-7H2,1-3H3. The van der Waals surface area contributed by atoms with Gasteiger partial charge in [-0.15, -0.1) is 0 Å². The van der Waals surface area contributed by atoms with Gasteiger partial charge in [0.05, 0.1) is 13.0 Å². The Morgan fingerprint density at radius 3 is 1.93 bits per heavy atom. The average molecular weight is 218 g/mol. The van der Waals surface area contributed by atoms with Crippen molar-refractivity contribution < 1.29 is 23.8 Å². The molecule has 15 heavy (non-hydrogen) atoms. The third-order valence-corrected chi connectivity index (χ3v) is 1.56. The number of hydrogen-bond donors (Lipinski definition) is 0. The molecule has 0 heterocycles. The van der Waals surface area contributed by atoms with Gasteiger partial charge in [-0.05, 0) is 20.8 Å². The molecular formula is C10H18O5. The Kier molecular flexibility index (Phi) is 7.85. The fourth-order valence-corrected chi connectivity index (χ4v) is 0.984. The molecule has 0 radical (unpaired) electrons. The van der Waals surface area contributed by atoms with Crippen LogP contribution in [0.3, 0.4) is 0 Å². The van der Waals surface area contributed by atoms with Gasteiger partial charge in [0.2, 0.25) is 5.78 Å². The lowest BCUT2D eigenvalue weighted by Gasteiger charge is -2.15. The molecule has 0 spiro atoms. The second-order valence-corrected chi connectivity index (χ2v) is 2.69. The Morgan fingerprint density at radius 1 is 1.00 bits per heavy atom. The van der Waals surface area contributed by atoms with Crippen LogP contribution in [0.4, 0.5) is 0 Å². The zero-order chi connectivity index (χ0) is 11.7. The predicted molar refractivity (Wildman–Crippen MR) is 53.3 cm³/mol. The van der Waals surface area contributed by atoms with Crippen molar-refractivity contribution in [1.29, 1.82) is 0 Å². The maximum Gasteiger partial charge on any atom is 0.374 e. The summed E-state index contributed by atoms with van der Waals surface area (Å²) in [5, 5.41) is 0. The van der Waals surface area contributed by atoms with E-state index >= 15 is 0 Å². The molecule has 0 fully saturated rings. The highest BCUT2D eigenvalue weighted by molar-refractivity contribution is 6.33. The van der Waals surface area contributed by atoms with Gasteiger partial charge in [0.1, 0.15) is 0 Å². The fraction of sp³-hybridized carbons (Fsp3) is 0.800. The monoisotopic (exact) mass is 218 g/mol. The first-order valence-corrected chi connectivity index (χ1v) is 5.08. The summed E-state index contributed by atoms with van der Waals surface area (Å²) in [6.45, 7) is 6.29. The molecule has 0 N–H and O–H groups in total. The Bertz CT molecular complexity index is 196. The van der Waals surface area contributed by atoms with E-state index < -0.39 is 18.0 Å². The van der Waals surface area contributed by atoms with Crippen LogP contribution in [0.25, 0.3) is 0 Å². The molecule has 0 aliphatic carbocycles. The molecule has 0 aromatic rings. The summed E-state index contributed by atoms with van der Waals surface area (Å²) in [4.78, 5) is 22.3. The number of rotatable bonds is 8. The van der Waals surface area contributed by atoms with Crippen molar-refractivity contribution in [1.82, 2.24) is 0 Å². The number of carbonyl (C=O) groups excluding carboxylic acids is 2. The van der Waals surface area contributed by atoms with Gasteiger partial charge >= 0.3 is 5.97 Å². The molecule has 0 amide bonds. The number of esters is 1. The minimum atomic E-state index is -0.832. The summed E-state index contributed by atoms with van der Waals surface area (Å²) in [6.07, 6.45) is -0.752. The van der Waals surface area contributed by atoms with Crippen LogP contribution in [0.2, 0.25) is 0 Å². The van der Waals surface area contributed by atoms with E-state index in [2.05, 4.69) is 4.74 Å². The Morgan fingerprint density at radius 2 is 1.53 bits per heavy atom. The van der Waals surface area contributed by atoms with Crippen LogP contribution in [-0.4, -0.2) is 37.9 Å². The summed E-state index contributed by atoms with van der Waals surface area (Å²) < 4.78 is 14.8. The molecular weight excluding hydrogens is 200 g/mol. The highest BCUT2D eigenvalue weighted by atomic mass is 16.7. The van der Waals surface area contributed by atoms with Crippen molar-refractivity contribution in [3.63, 3.8) is 0 Å². The van der Waals surface area contributed by atoms with Crippen LogP contribution in [-0.2, 0) is 23.8 Å². The average Bonchev–Trinajstić information content (AvgIpc) is 2.18. The molecule has 0 atom stereocenters. The van der Waals surface area contributed by atoms with Gasteiger partial charge in [-0.25, -0.2) is 4.79 Å². The quantitative estimate of drug-likeness (QED) is 0.344. The van der Waals surface area contributed by atoms with E-state index in [1.54, 1.807) is 20.8 Å². The molecule has 0 saturated carbocycles. The van der Waals surface area contributed by atoms with Crippen LogP contribution in [0.1, 0.15) is 27.2 Å². The van der Waals surface area contributed by atoms with Gasteiger partial charge in [-0.2, -0.15) is 0 Å². The van der Waals surface area contributed by atoms with Gasteiger partial charge in [0.25, 0.3) is 0 Å². The highest BCUT2D eigenvalue weighted by Gasteiger charge is 2.21. The lowest BCUT2D eigenvalue weighted by molar-refractivity contribution is -0.165. The number of Topliss-reactive ketones (excluding diaryl/α,β-unsaturated/α-hetero) is 1. The first-order chi connectivity index (χ1) is 7.15. The Balaban J connectivity index is 4.03. The van der Waals surface area contributed by atoms with Crippen molar-refractivity contribution in [3.05, 3.63) is 0 Å². The van der Waals surface area contributed by atoms with Gasteiger partial charge in [0.15, 0.2) is 6.29 Å². The van der Waals surface area contributed by atoms with Gasteiger partial charge < -0.3 is 14.2 Å². The summed E-state index contributed by atoms with van der Waals surface area (Å²) in [6, 6.07) is 0. The maximum atomic E-state index is 11.3. The van der Waals surface area contributed by atoms with Gasteiger partial charge in [-0.1, -0.05) is 0 Å². The molecule has 88 valence electrons. The van der Waals surface area contributed by atoms with Crippen molar-refractivity contribution in [2.45, 2.75) is 33.5 Å². The zero-order valence-electron chi connectivity index (χ0n) is 9.45. The van der Waals surface area contributed by atoms with E-state index in [-0.39, 0.29) is 13.0 Å². The minimum Gasteiger partial charge on any atom is -0.460 e. The fourth-order valence-electron chi connectivity index (χ4n) is 0.984. The molecule has 5 nitrogen and oxygen atoms in total. The van der Waals surface area contributed by atoms with E-state index in [0.29, 0.717) is 13.2 Å². The van der Waals surface area contributed by atoms with Crippen molar-refractivity contribution in [3.8, 4) is 0 Å². The van der Waals surface area contributed by atoms with Crippen LogP contribution in [0.5, 0.6) is 0 Å². The molecule has 0 aromatic heterocycles. The number of carbonyl (C=O) groups is 2. The maximum absolute atomic E-state index is 11.3. The number of ether oxygens (including phenoxy) is 3. The van der Waals surface area contributed by atoms with Crippen LogP contribution >= 0.6 is 0 Å². The SMILES string of the molecule is CCOC(=O)C(=O)CC(OCC)OCC. The first kappa shape index (κ1) is 14.1. The Hall–Kier alpha value is -0.940. The lowest BCUT2D eigenvalue weighted by Crippen LogP contribution is -2.26. The molecule has 0 bridgehead atoms. The molecule has 0 saturated heterocycles. The molecule has 0 aromatic carbocycles. The van der Waals surface area contributed by atoms with Crippen LogP contribution < -0.4 is 0 Å². The van der Waals surface area contributed by atoms with Crippen molar-refractivity contribution in [2.75, 3.05) is 19.8 Å². The van der Waals surface area contributed by atoms with E-state index in [4.69, 9.17) is 9.47 Å². The smallest absolute Gasteiger partial charge is 0.374 e. The highest BCUT2D eigenvalue weighted by Crippen LogP contribution is 2.03. The summed E-state index contributed by atoms with van der Waals surface area (Å²) in [7, 11) is 0. The second kappa shape index (κ2) is 8.38. The third kappa shape index (κ3) is 6.19. The van der Waals surface area contributed by atoms with Crippen LogP contribution in [0.15, 0.2) is 0 Å². The minimum absolute atomic E-state index is 0.0967. The summed E-state index contributed by atoms with van der Waals surface area (Å²) >= 11 is 0. The number of ketones is 1. The third-order valence-electron chi connectivity index (χ3n) is 1.56. The molecule has 0 rings (SSSR count).